The topological polar surface area (TPSA) is 12.4 Å². The number of hydrogen-bond acceptors (Lipinski definition) is 1. The van der Waals surface area contributed by atoms with Crippen LogP contribution in [-0.2, 0) is 0 Å². The van der Waals surface area contributed by atoms with Gasteiger partial charge in [-0.15, -0.1) is 0 Å². The fourth-order valence-corrected chi connectivity index (χ4v) is 0.395. The van der Waals surface area contributed by atoms with Gasteiger partial charge in [-0.05, 0) is 13.3 Å². The van der Waals surface area contributed by atoms with Crippen molar-refractivity contribution in [2.75, 3.05) is 6.67 Å². The van der Waals surface area contributed by atoms with E-state index >= 15 is 0 Å². The highest BCUT2D eigenvalue weighted by Crippen LogP contribution is 1.95. The summed E-state index contributed by atoms with van der Waals surface area (Å²) in [7, 11) is 0. The van der Waals surface area contributed by atoms with Crippen molar-refractivity contribution in [2.24, 2.45) is 4.99 Å². The van der Waals surface area contributed by atoms with Crippen LogP contribution in [0.4, 0.5) is 4.39 Å². The highest BCUT2D eigenvalue weighted by Gasteiger charge is 1.85. The van der Waals surface area contributed by atoms with E-state index in [9.17, 15) is 4.39 Å². The number of allylic oxidation sites excluding steroid dienone is 2. The first-order chi connectivity index (χ1) is 4.35. The summed E-state index contributed by atoms with van der Waals surface area (Å²) in [6, 6.07) is 0. The van der Waals surface area contributed by atoms with E-state index in [1.165, 1.54) is 0 Å². The van der Waals surface area contributed by atoms with Crippen molar-refractivity contribution in [2.45, 2.75) is 20.3 Å². The Balaban J connectivity index is 3.70. The Hall–Kier alpha value is -0.660. The summed E-state index contributed by atoms with van der Waals surface area (Å²) < 4.78 is 11.8. The maximum Gasteiger partial charge on any atom is 0.131 e. The Bertz CT molecular complexity index is 116. The predicted octanol–water partition coefficient (Wildman–Crippen LogP) is 2.34. The van der Waals surface area contributed by atoms with Crippen LogP contribution in [0.15, 0.2) is 16.8 Å². The molecule has 0 radical (unpaired) electrons. The largest absolute Gasteiger partial charge is 0.263 e. The summed E-state index contributed by atoms with van der Waals surface area (Å²) in [6.07, 6.45) is 4.23. The second-order valence-corrected chi connectivity index (χ2v) is 1.63. The van der Waals surface area contributed by atoms with Crippen LogP contribution >= 0.6 is 0 Å². The zero-order valence-electron chi connectivity index (χ0n) is 5.89. The highest BCUT2D eigenvalue weighted by atomic mass is 19.1. The lowest BCUT2D eigenvalue weighted by molar-refractivity contribution is 0.540. The minimum atomic E-state index is -0.465. The van der Waals surface area contributed by atoms with E-state index in [0.717, 1.165) is 6.42 Å². The van der Waals surface area contributed by atoms with E-state index in [4.69, 9.17) is 0 Å². The number of nitrogens with zero attached hydrogens (tertiary/aromatic N) is 1. The molecule has 0 aromatic heterocycles. The van der Waals surface area contributed by atoms with Crippen LogP contribution in [0.25, 0.3) is 0 Å². The van der Waals surface area contributed by atoms with Crippen LogP contribution in [0.3, 0.4) is 0 Å². The summed E-state index contributed by atoms with van der Waals surface area (Å²) in [5.41, 5.74) is 0.511. The first-order valence-electron chi connectivity index (χ1n) is 3.08. The Morgan fingerprint density at radius 3 is 2.67 bits per heavy atom. The van der Waals surface area contributed by atoms with Crippen molar-refractivity contribution in [1.29, 1.82) is 0 Å². The lowest BCUT2D eigenvalue weighted by atomic mass is 10.4. The average molecular weight is 129 g/mol. The third kappa shape index (κ3) is 3.88. The monoisotopic (exact) mass is 129 g/mol. The van der Waals surface area contributed by atoms with Crippen molar-refractivity contribution < 1.29 is 4.39 Å². The summed E-state index contributed by atoms with van der Waals surface area (Å²) in [5, 5.41) is 0. The van der Waals surface area contributed by atoms with E-state index in [-0.39, 0.29) is 0 Å². The molecular weight excluding hydrogens is 117 g/mol. The van der Waals surface area contributed by atoms with Gasteiger partial charge in [0.05, 0.1) is 5.70 Å². The Morgan fingerprint density at radius 2 is 2.33 bits per heavy atom. The first kappa shape index (κ1) is 8.34. The first-order valence-corrected chi connectivity index (χ1v) is 3.08. The molecule has 52 valence electrons. The van der Waals surface area contributed by atoms with E-state index < -0.39 is 6.67 Å². The molecule has 0 aromatic rings. The number of rotatable bonds is 3. The van der Waals surface area contributed by atoms with Crippen molar-refractivity contribution in [1.82, 2.24) is 0 Å². The van der Waals surface area contributed by atoms with Gasteiger partial charge in [0.2, 0.25) is 0 Å². The van der Waals surface area contributed by atoms with Crippen molar-refractivity contribution in [3.8, 4) is 0 Å². The quantitative estimate of drug-likeness (QED) is 0.518. The Kier molecular flexibility index (Phi) is 5.07. The summed E-state index contributed by atoms with van der Waals surface area (Å²) in [5.74, 6) is 0. The normalized spacial score (nSPS) is 13.0. The molecule has 0 saturated heterocycles. The van der Waals surface area contributed by atoms with Gasteiger partial charge in [-0.3, -0.25) is 4.99 Å². The molecule has 9 heavy (non-hydrogen) atoms. The zero-order valence-corrected chi connectivity index (χ0v) is 5.89. The molecule has 0 fully saturated rings. The molecule has 0 N–H and O–H groups in total. The molecule has 0 aliphatic carbocycles. The van der Waals surface area contributed by atoms with Crippen LogP contribution < -0.4 is 0 Å². The number of halogens is 1. The van der Waals surface area contributed by atoms with Gasteiger partial charge in [0.15, 0.2) is 0 Å². The third-order valence-electron chi connectivity index (χ3n) is 0.910. The maximum absolute atomic E-state index is 11.8. The van der Waals surface area contributed by atoms with Crippen molar-refractivity contribution >= 4 is 6.21 Å². The van der Waals surface area contributed by atoms with Gasteiger partial charge in [0.1, 0.15) is 6.67 Å². The van der Waals surface area contributed by atoms with Crippen LogP contribution in [-0.4, -0.2) is 12.9 Å². The molecule has 0 rings (SSSR count). The lowest BCUT2D eigenvalue weighted by Gasteiger charge is -1.88. The Morgan fingerprint density at radius 1 is 1.67 bits per heavy atom. The van der Waals surface area contributed by atoms with Gasteiger partial charge in [-0.1, -0.05) is 13.0 Å². The number of alkyl halides is 1. The molecule has 0 spiro atoms. The number of aliphatic imine (C=N–C) groups is 1. The molecule has 0 aromatic carbocycles. The van der Waals surface area contributed by atoms with Gasteiger partial charge in [-0.2, -0.15) is 0 Å². The molecule has 0 aliphatic rings. The molecular formula is C7H12FN. The third-order valence-corrected chi connectivity index (χ3v) is 0.910. The van der Waals surface area contributed by atoms with Crippen molar-refractivity contribution in [3.05, 3.63) is 11.8 Å². The lowest BCUT2D eigenvalue weighted by Crippen LogP contribution is -1.80. The summed E-state index contributed by atoms with van der Waals surface area (Å²) >= 11 is 0. The van der Waals surface area contributed by atoms with Gasteiger partial charge < -0.3 is 0 Å². The average Bonchev–Trinajstić information content (AvgIpc) is 1.91. The van der Waals surface area contributed by atoms with Gasteiger partial charge in [0, 0.05) is 6.21 Å². The van der Waals surface area contributed by atoms with E-state index in [1.54, 1.807) is 19.2 Å². The second kappa shape index (κ2) is 5.48. The minimum Gasteiger partial charge on any atom is -0.263 e. The molecule has 0 saturated carbocycles. The minimum absolute atomic E-state index is 0.465. The van der Waals surface area contributed by atoms with Crippen LogP contribution in [0.2, 0.25) is 0 Å². The molecule has 1 nitrogen and oxygen atoms in total. The molecule has 0 atom stereocenters. The fraction of sp³-hybridized carbons (Fsp3) is 0.571. The molecule has 0 amide bonds. The highest BCUT2D eigenvalue weighted by molar-refractivity contribution is 5.58. The van der Waals surface area contributed by atoms with Gasteiger partial charge >= 0.3 is 0 Å². The zero-order chi connectivity index (χ0) is 7.11. The van der Waals surface area contributed by atoms with Gasteiger partial charge in [-0.25, -0.2) is 4.39 Å². The molecule has 0 aliphatic heterocycles. The number of hydrogen-bond donors (Lipinski definition) is 0. The molecule has 0 unspecified atom stereocenters. The molecule has 0 heterocycles. The molecule has 2 heteroatoms. The maximum atomic E-state index is 11.8. The SMILES string of the molecule is C/C=C(/CF)N=CCC. The Labute approximate surface area is 55.3 Å². The second-order valence-electron chi connectivity index (χ2n) is 1.63. The van der Waals surface area contributed by atoms with Crippen LogP contribution in [0.5, 0.6) is 0 Å². The standard InChI is InChI=1S/C7H12FN/c1-3-5-9-7(4-2)6-8/h4-5H,3,6H2,1-2H3/b7-4-,9-5?. The van der Waals surface area contributed by atoms with E-state index in [2.05, 4.69) is 4.99 Å². The summed E-state index contributed by atoms with van der Waals surface area (Å²) in [6.45, 7) is 3.28. The smallest absolute Gasteiger partial charge is 0.131 e. The predicted molar refractivity (Wildman–Crippen MR) is 38.5 cm³/mol. The fourth-order valence-electron chi connectivity index (χ4n) is 0.395. The van der Waals surface area contributed by atoms with E-state index in [1.807, 2.05) is 6.92 Å². The van der Waals surface area contributed by atoms with Crippen molar-refractivity contribution in [3.63, 3.8) is 0 Å². The molecule has 0 bridgehead atoms. The van der Waals surface area contributed by atoms with E-state index in [0.29, 0.717) is 5.70 Å². The van der Waals surface area contributed by atoms with Crippen LogP contribution in [0.1, 0.15) is 20.3 Å². The summed E-state index contributed by atoms with van der Waals surface area (Å²) in [4.78, 5) is 3.84. The van der Waals surface area contributed by atoms with Gasteiger partial charge in [0.25, 0.3) is 0 Å². The van der Waals surface area contributed by atoms with Crippen LogP contribution in [0, 0.1) is 0 Å².